The van der Waals surface area contributed by atoms with Crippen LogP contribution in [0.25, 0.3) is 76.5 Å². The molecule has 0 aliphatic heterocycles. The lowest BCUT2D eigenvalue weighted by molar-refractivity contribution is 0.669. The Morgan fingerprint density at radius 1 is 0.444 bits per heavy atom. The van der Waals surface area contributed by atoms with Crippen molar-refractivity contribution < 1.29 is 4.42 Å². The van der Waals surface area contributed by atoms with Gasteiger partial charge in [0, 0.05) is 10.8 Å². The molecule has 168 valence electrons. The molecule has 1 aromatic heterocycles. The number of aryl methyl sites for hydroxylation is 1. The molecule has 1 heterocycles. The fourth-order valence-corrected chi connectivity index (χ4v) is 5.93. The monoisotopic (exact) mass is 458 g/mol. The fraction of sp³-hybridized carbons (Fsp3) is 0.0286. The molecule has 8 rings (SSSR count). The Bertz CT molecular complexity index is 2090. The molecule has 0 N–H and O–H groups in total. The third-order valence-electron chi connectivity index (χ3n) is 7.72. The van der Waals surface area contributed by atoms with Gasteiger partial charge < -0.3 is 4.42 Å². The number of fused-ring (bicyclic) bond motifs is 3. The minimum atomic E-state index is 0.932. The highest BCUT2D eigenvalue weighted by Crippen LogP contribution is 2.43. The van der Waals surface area contributed by atoms with Crippen molar-refractivity contribution in [3.63, 3.8) is 0 Å². The molecule has 0 radical (unpaired) electrons. The van der Waals surface area contributed by atoms with E-state index in [0.29, 0.717) is 0 Å². The van der Waals surface area contributed by atoms with Gasteiger partial charge in [0.25, 0.3) is 0 Å². The van der Waals surface area contributed by atoms with Gasteiger partial charge in [0.15, 0.2) is 0 Å². The van der Waals surface area contributed by atoms with E-state index in [9.17, 15) is 0 Å². The van der Waals surface area contributed by atoms with E-state index in [1.807, 2.05) is 12.1 Å². The molecule has 0 aliphatic rings. The molecule has 0 spiro atoms. The minimum Gasteiger partial charge on any atom is -0.456 e. The second-order valence-corrected chi connectivity index (χ2v) is 9.82. The summed E-state index contributed by atoms with van der Waals surface area (Å²) in [4.78, 5) is 0. The van der Waals surface area contributed by atoms with Crippen molar-refractivity contribution in [1.82, 2.24) is 0 Å². The number of furan rings is 1. The van der Waals surface area contributed by atoms with Crippen LogP contribution in [0.2, 0.25) is 0 Å². The number of hydrogen-bond donors (Lipinski definition) is 0. The van der Waals surface area contributed by atoms with E-state index in [0.717, 1.165) is 21.9 Å². The molecule has 0 atom stereocenters. The summed E-state index contributed by atoms with van der Waals surface area (Å²) in [5, 5.41) is 10.1. The SMILES string of the molecule is Cc1ccc(-c2ccc3ccc4c(-c5ccc6c(c5)oc5ccccc56)ccc5ccc2c3c54)cc1. The predicted molar refractivity (Wildman–Crippen MR) is 153 cm³/mol. The molecular weight excluding hydrogens is 436 g/mol. The second-order valence-electron chi connectivity index (χ2n) is 9.82. The van der Waals surface area contributed by atoms with Gasteiger partial charge in [-0.3, -0.25) is 0 Å². The van der Waals surface area contributed by atoms with Crippen molar-refractivity contribution in [2.75, 3.05) is 0 Å². The van der Waals surface area contributed by atoms with E-state index < -0.39 is 0 Å². The quantitative estimate of drug-likeness (QED) is 0.235. The summed E-state index contributed by atoms with van der Waals surface area (Å²) in [6.07, 6.45) is 0. The topological polar surface area (TPSA) is 13.1 Å². The summed E-state index contributed by atoms with van der Waals surface area (Å²) in [6.45, 7) is 2.14. The lowest BCUT2D eigenvalue weighted by Crippen LogP contribution is -1.89. The van der Waals surface area contributed by atoms with Crippen LogP contribution in [-0.4, -0.2) is 0 Å². The maximum Gasteiger partial charge on any atom is 0.136 e. The van der Waals surface area contributed by atoms with Crippen LogP contribution in [0, 0.1) is 6.92 Å². The van der Waals surface area contributed by atoms with Gasteiger partial charge in [0.1, 0.15) is 11.2 Å². The third kappa shape index (κ3) is 2.71. The Balaban J connectivity index is 1.41. The van der Waals surface area contributed by atoms with E-state index in [4.69, 9.17) is 4.42 Å². The maximum atomic E-state index is 6.21. The van der Waals surface area contributed by atoms with Gasteiger partial charge in [0.2, 0.25) is 0 Å². The lowest BCUT2D eigenvalue weighted by atomic mass is 9.87. The van der Waals surface area contributed by atoms with Crippen LogP contribution in [0.15, 0.2) is 120 Å². The van der Waals surface area contributed by atoms with Gasteiger partial charge in [-0.1, -0.05) is 103 Å². The van der Waals surface area contributed by atoms with Crippen molar-refractivity contribution in [1.29, 1.82) is 0 Å². The van der Waals surface area contributed by atoms with Crippen LogP contribution in [0.3, 0.4) is 0 Å². The Kier molecular flexibility index (Phi) is 3.93. The van der Waals surface area contributed by atoms with E-state index >= 15 is 0 Å². The first kappa shape index (κ1) is 19.7. The molecule has 0 aliphatic carbocycles. The van der Waals surface area contributed by atoms with Gasteiger partial charge in [-0.15, -0.1) is 0 Å². The van der Waals surface area contributed by atoms with E-state index in [-0.39, 0.29) is 0 Å². The molecule has 7 aromatic carbocycles. The lowest BCUT2D eigenvalue weighted by Gasteiger charge is -2.16. The van der Waals surface area contributed by atoms with Gasteiger partial charge in [0.05, 0.1) is 0 Å². The molecule has 8 aromatic rings. The standard InChI is InChI=1S/C35H22O/c1-21-6-8-22(9-7-21)26-15-10-23-13-19-31-27(16-11-24-12-18-30(26)34(23)35(24)31)25-14-17-29-28-4-2-3-5-32(28)36-33(29)20-25/h2-20H,1H3. The highest BCUT2D eigenvalue weighted by atomic mass is 16.3. The predicted octanol–water partition coefficient (Wildman–Crippen LogP) is 10.1. The summed E-state index contributed by atoms with van der Waals surface area (Å²) < 4.78 is 6.21. The highest BCUT2D eigenvalue weighted by molar-refractivity contribution is 6.27. The van der Waals surface area contributed by atoms with E-state index in [1.54, 1.807) is 0 Å². The van der Waals surface area contributed by atoms with Gasteiger partial charge in [-0.2, -0.15) is 0 Å². The Labute approximate surface area is 208 Å². The molecule has 36 heavy (non-hydrogen) atoms. The van der Waals surface area contributed by atoms with Crippen molar-refractivity contribution in [3.8, 4) is 22.3 Å². The molecule has 0 saturated carbocycles. The largest absolute Gasteiger partial charge is 0.456 e. The normalized spacial score (nSPS) is 12.0. The summed E-state index contributed by atoms with van der Waals surface area (Å²) in [7, 11) is 0. The average Bonchev–Trinajstić information content (AvgIpc) is 3.30. The number of benzene rings is 7. The van der Waals surface area contributed by atoms with Gasteiger partial charge in [-0.25, -0.2) is 0 Å². The highest BCUT2D eigenvalue weighted by Gasteiger charge is 2.15. The summed E-state index contributed by atoms with van der Waals surface area (Å²) >= 11 is 0. The molecular formula is C35H22O. The minimum absolute atomic E-state index is 0.932. The first-order chi connectivity index (χ1) is 17.7. The van der Waals surface area contributed by atoms with E-state index in [1.165, 1.54) is 60.1 Å². The molecule has 0 amide bonds. The van der Waals surface area contributed by atoms with Crippen molar-refractivity contribution >= 4 is 54.3 Å². The zero-order valence-electron chi connectivity index (χ0n) is 19.9. The average molecular weight is 459 g/mol. The van der Waals surface area contributed by atoms with Crippen molar-refractivity contribution in [2.45, 2.75) is 6.92 Å². The van der Waals surface area contributed by atoms with Crippen LogP contribution >= 0.6 is 0 Å². The van der Waals surface area contributed by atoms with E-state index in [2.05, 4.69) is 110 Å². The smallest absolute Gasteiger partial charge is 0.136 e. The summed E-state index contributed by atoms with van der Waals surface area (Å²) in [5.41, 5.74) is 8.10. The number of rotatable bonds is 2. The first-order valence-electron chi connectivity index (χ1n) is 12.4. The zero-order valence-corrected chi connectivity index (χ0v) is 19.9. The molecule has 0 saturated heterocycles. The van der Waals surface area contributed by atoms with Crippen LogP contribution in [0.4, 0.5) is 0 Å². The van der Waals surface area contributed by atoms with Gasteiger partial charge in [-0.05, 0) is 79.7 Å². The first-order valence-corrected chi connectivity index (χ1v) is 12.4. The summed E-state index contributed by atoms with van der Waals surface area (Å²) in [6, 6.07) is 41.9. The van der Waals surface area contributed by atoms with Crippen LogP contribution in [-0.2, 0) is 0 Å². The molecule has 1 heteroatoms. The number of para-hydroxylation sites is 1. The fourth-order valence-electron chi connectivity index (χ4n) is 5.93. The maximum absolute atomic E-state index is 6.21. The zero-order chi connectivity index (χ0) is 23.8. The molecule has 0 fully saturated rings. The molecule has 1 nitrogen and oxygen atoms in total. The number of hydrogen-bond acceptors (Lipinski definition) is 1. The van der Waals surface area contributed by atoms with Crippen LogP contribution < -0.4 is 0 Å². The van der Waals surface area contributed by atoms with Crippen LogP contribution in [0.1, 0.15) is 5.56 Å². The Morgan fingerprint density at radius 2 is 1.00 bits per heavy atom. The Morgan fingerprint density at radius 3 is 1.72 bits per heavy atom. The second kappa shape index (κ2) is 7.19. The molecule has 0 unspecified atom stereocenters. The van der Waals surface area contributed by atoms with Gasteiger partial charge >= 0.3 is 0 Å². The van der Waals surface area contributed by atoms with Crippen LogP contribution in [0.5, 0.6) is 0 Å². The summed E-state index contributed by atoms with van der Waals surface area (Å²) in [5.74, 6) is 0. The molecule has 0 bridgehead atoms. The Hall–Kier alpha value is -4.62. The third-order valence-corrected chi connectivity index (χ3v) is 7.72. The van der Waals surface area contributed by atoms with Crippen molar-refractivity contribution in [3.05, 3.63) is 121 Å². The van der Waals surface area contributed by atoms with Crippen molar-refractivity contribution in [2.24, 2.45) is 0 Å².